The molecule has 27 heavy (non-hydrogen) atoms. The van der Waals surface area contributed by atoms with E-state index in [9.17, 15) is 4.79 Å². The summed E-state index contributed by atoms with van der Waals surface area (Å²) >= 11 is 0. The molecule has 1 aromatic carbocycles. The molecule has 3 rings (SSSR count). The molecule has 0 unspecified atom stereocenters. The minimum atomic E-state index is -0.118. The van der Waals surface area contributed by atoms with Gasteiger partial charge in [-0.2, -0.15) is 0 Å². The number of carbonyl (C=O) groups excluding carboxylic acids is 1. The number of aryl methyl sites for hydroxylation is 2. The number of amides is 1. The molecule has 2 N–H and O–H groups in total. The number of pyridine rings is 1. The Kier molecular flexibility index (Phi) is 5.46. The van der Waals surface area contributed by atoms with Gasteiger partial charge in [-0.05, 0) is 43.0 Å². The lowest BCUT2D eigenvalue weighted by atomic mass is 10.0. The highest BCUT2D eigenvalue weighted by atomic mass is 16.3. The van der Waals surface area contributed by atoms with Gasteiger partial charge in [0.05, 0.1) is 17.9 Å². The van der Waals surface area contributed by atoms with E-state index in [1.165, 1.54) is 21.6 Å². The zero-order valence-electron chi connectivity index (χ0n) is 16.3. The number of imidazole rings is 1. The zero-order valence-corrected chi connectivity index (χ0v) is 16.3. The molecular formula is C21H26N4O2. The summed E-state index contributed by atoms with van der Waals surface area (Å²) < 4.78 is 1.86. The van der Waals surface area contributed by atoms with Crippen molar-refractivity contribution >= 4 is 17.2 Å². The fourth-order valence-electron chi connectivity index (χ4n) is 3.34. The lowest BCUT2D eigenvalue weighted by Gasteiger charge is -2.20. The van der Waals surface area contributed by atoms with Crippen molar-refractivity contribution in [1.29, 1.82) is 0 Å². The highest BCUT2D eigenvalue weighted by Crippen LogP contribution is 2.26. The van der Waals surface area contributed by atoms with Gasteiger partial charge < -0.3 is 19.7 Å². The maximum atomic E-state index is 12.8. The second kappa shape index (κ2) is 7.80. The van der Waals surface area contributed by atoms with Gasteiger partial charge in [-0.3, -0.25) is 4.79 Å². The average Bonchev–Trinajstić information content (AvgIpc) is 3.10. The van der Waals surface area contributed by atoms with Gasteiger partial charge in [0.15, 0.2) is 5.65 Å². The molecule has 1 amide bonds. The summed E-state index contributed by atoms with van der Waals surface area (Å²) in [4.78, 5) is 18.8. The smallest absolute Gasteiger partial charge is 0.255 e. The first kappa shape index (κ1) is 18.9. The Morgan fingerprint density at radius 3 is 2.63 bits per heavy atom. The highest BCUT2D eigenvalue weighted by molar-refractivity contribution is 5.98. The van der Waals surface area contributed by atoms with Crippen molar-refractivity contribution in [1.82, 2.24) is 14.3 Å². The highest BCUT2D eigenvalue weighted by Gasteiger charge is 2.19. The van der Waals surface area contributed by atoms with Crippen molar-refractivity contribution in [3.05, 3.63) is 64.6 Å². The Morgan fingerprint density at radius 1 is 1.26 bits per heavy atom. The van der Waals surface area contributed by atoms with Gasteiger partial charge in [-0.25, -0.2) is 4.98 Å². The molecule has 0 fully saturated rings. The molecule has 2 aromatic heterocycles. The average molecular weight is 366 g/mol. The summed E-state index contributed by atoms with van der Waals surface area (Å²) in [5.74, 6) is -0.118. The molecule has 2 heterocycles. The Labute approximate surface area is 159 Å². The van der Waals surface area contributed by atoms with Crippen LogP contribution in [0.5, 0.6) is 0 Å². The third-order valence-electron chi connectivity index (χ3n) is 5.04. The summed E-state index contributed by atoms with van der Waals surface area (Å²) in [5.41, 5.74) is 6.81. The van der Waals surface area contributed by atoms with E-state index >= 15 is 0 Å². The normalized spacial score (nSPS) is 11.0. The van der Waals surface area contributed by atoms with Crippen LogP contribution in [-0.2, 0) is 6.54 Å². The van der Waals surface area contributed by atoms with Gasteiger partial charge >= 0.3 is 0 Å². The number of aliphatic hydroxyl groups excluding tert-OH is 1. The van der Waals surface area contributed by atoms with Crippen LogP contribution in [0.2, 0.25) is 0 Å². The van der Waals surface area contributed by atoms with Crippen LogP contribution in [0, 0.1) is 20.8 Å². The number of aliphatic hydroxyl groups is 1. The fraction of sp³-hybridized carbons (Fsp3) is 0.333. The Balaban J connectivity index is 2.00. The van der Waals surface area contributed by atoms with Gasteiger partial charge in [-0.1, -0.05) is 18.2 Å². The second-order valence-electron chi connectivity index (χ2n) is 6.88. The Bertz CT molecular complexity index is 957. The summed E-state index contributed by atoms with van der Waals surface area (Å²) in [5, 5.41) is 12.6. The van der Waals surface area contributed by atoms with Crippen LogP contribution < -0.4 is 5.32 Å². The summed E-state index contributed by atoms with van der Waals surface area (Å²) in [6.45, 7) is 7.03. The molecule has 6 heteroatoms. The van der Waals surface area contributed by atoms with E-state index in [1.807, 2.05) is 17.5 Å². The summed E-state index contributed by atoms with van der Waals surface area (Å²) in [6.07, 6.45) is 5.37. The third kappa shape index (κ3) is 3.66. The molecule has 0 aliphatic carbocycles. The molecule has 6 nitrogen and oxygen atoms in total. The zero-order chi connectivity index (χ0) is 19.6. The van der Waals surface area contributed by atoms with Crippen LogP contribution in [0.4, 0.5) is 5.69 Å². The summed E-state index contributed by atoms with van der Waals surface area (Å²) in [7, 11) is 1.69. The van der Waals surface area contributed by atoms with E-state index in [2.05, 4.69) is 42.3 Å². The SMILES string of the molecule is Cc1cccc(C)c1CNc1c(C)c(C(=O)N(C)CCO)cn2ccnc12. The first-order valence-electron chi connectivity index (χ1n) is 9.05. The molecule has 0 aliphatic heterocycles. The predicted octanol–water partition coefficient (Wildman–Crippen LogP) is 2.94. The van der Waals surface area contributed by atoms with E-state index in [1.54, 1.807) is 19.4 Å². The fourth-order valence-corrected chi connectivity index (χ4v) is 3.34. The van der Waals surface area contributed by atoms with Gasteiger partial charge in [0.25, 0.3) is 5.91 Å². The van der Waals surface area contributed by atoms with Gasteiger partial charge in [-0.15, -0.1) is 0 Å². The van der Waals surface area contributed by atoms with Crippen molar-refractivity contribution in [3.63, 3.8) is 0 Å². The number of rotatable bonds is 6. The van der Waals surface area contributed by atoms with Gasteiger partial charge in [0.1, 0.15) is 0 Å². The molecule has 0 radical (unpaired) electrons. The van der Waals surface area contributed by atoms with E-state index in [0.29, 0.717) is 18.7 Å². The first-order valence-corrected chi connectivity index (χ1v) is 9.05. The number of hydrogen-bond acceptors (Lipinski definition) is 4. The topological polar surface area (TPSA) is 69.9 Å². The predicted molar refractivity (Wildman–Crippen MR) is 107 cm³/mol. The summed E-state index contributed by atoms with van der Waals surface area (Å²) in [6, 6.07) is 6.26. The largest absolute Gasteiger partial charge is 0.395 e. The molecule has 0 saturated carbocycles. The van der Waals surface area contributed by atoms with Crippen molar-refractivity contribution in [2.45, 2.75) is 27.3 Å². The lowest BCUT2D eigenvalue weighted by molar-refractivity contribution is 0.0766. The number of anilines is 1. The molecular weight excluding hydrogens is 340 g/mol. The number of nitrogens with zero attached hydrogens (tertiary/aromatic N) is 3. The van der Waals surface area contributed by atoms with Crippen LogP contribution in [-0.4, -0.2) is 45.5 Å². The maximum absolute atomic E-state index is 12.8. The minimum absolute atomic E-state index is 0.0632. The van der Waals surface area contributed by atoms with E-state index in [-0.39, 0.29) is 12.5 Å². The van der Waals surface area contributed by atoms with Crippen LogP contribution in [0.1, 0.15) is 32.6 Å². The number of aromatic nitrogens is 2. The molecule has 0 aliphatic rings. The first-order chi connectivity index (χ1) is 12.9. The molecule has 0 saturated heterocycles. The number of likely N-dealkylation sites (N-methyl/N-ethyl adjacent to an activating group) is 1. The number of nitrogens with one attached hydrogen (secondary N) is 1. The second-order valence-corrected chi connectivity index (χ2v) is 6.88. The standard InChI is InChI=1S/C21H26N4O2/c1-14-6-5-7-15(2)17(14)12-23-19-16(3)18(21(27)24(4)10-11-26)13-25-9-8-22-20(19)25/h5-9,13,23,26H,10-12H2,1-4H3. The number of benzene rings is 1. The Morgan fingerprint density at radius 2 is 1.96 bits per heavy atom. The monoisotopic (exact) mass is 366 g/mol. The quantitative estimate of drug-likeness (QED) is 0.704. The van der Waals surface area contributed by atoms with Crippen molar-refractivity contribution in [3.8, 4) is 0 Å². The minimum Gasteiger partial charge on any atom is -0.395 e. The lowest BCUT2D eigenvalue weighted by Crippen LogP contribution is -2.30. The van der Waals surface area contributed by atoms with Crippen LogP contribution in [0.25, 0.3) is 5.65 Å². The van der Waals surface area contributed by atoms with E-state index in [4.69, 9.17) is 5.11 Å². The third-order valence-corrected chi connectivity index (χ3v) is 5.04. The molecule has 3 aromatic rings. The van der Waals surface area contributed by atoms with Crippen LogP contribution in [0.3, 0.4) is 0 Å². The Hall–Kier alpha value is -2.86. The maximum Gasteiger partial charge on any atom is 0.255 e. The number of hydrogen-bond donors (Lipinski definition) is 2. The van der Waals surface area contributed by atoms with Crippen molar-refractivity contribution in [2.75, 3.05) is 25.5 Å². The van der Waals surface area contributed by atoms with E-state index in [0.717, 1.165) is 16.9 Å². The molecule has 0 atom stereocenters. The van der Waals surface area contributed by atoms with Gasteiger partial charge in [0.2, 0.25) is 0 Å². The van der Waals surface area contributed by atoms with Crippen LogP contribution >= 0.6 is 0 Å². The molecule has 0 bridgehead atoms. The van der Waals surface area contributed by atoms with Crippen LogP contribution in [0.15, 0.2) is 36.8 Å². The number of carbonyl (C=O) groups is 1. The van der Waals surface area contributed by atoms with Crippen molar-refractivity contribution in [2.24, 2.45) is 0 Å². The van der Waals surface area contributed by atoms with Gasteiger partial charge in [0, 0.05) is 38.7 Å². The van der Waals surface area contributed by atoms with E-state index < -0.39 is 0 Å². The molecule has 142 valence electrons. The molecule has 0 spiro atoms. The number of fused-ring (bicyclic) bond motifs is 1. The van der Waals surface area contributed by atoms with Crippen molar-refractivity contribution < 1.29 is 9.90 Å².